The van der Waals surface area contributed by atoms with E-state index in [2.05, 4.69) is 15.3 Å². The maximum Gasteiger partial charge on any atom is 0.277 e. The lowest BCUT2D eigenvalue weighted by molar-refractivity contribution is -0.385. The van der Waals surface area contributed by atoms with Crippen LogP contribution in [0.25, 0.3) is 0 Å². The standard InChI is InChI=1S/C13H14N4O2/c1-10-9-16-13(8-12(10)17(18)19)15-7-4-11-2-5-14-6-3-11/h2-3,5-6,8-9H,4,7H2,1H3,(H,15,16). The van der Waals surface area contributed by atoms with Crippen molar-refractivity contribution < 1.29 is 4.92 Å². The van der Waals surface area contributed by atoms with Gasteiger partial charge in [0.2, 0.25) is 0 Å². The second-order valence-corrected chi connectivity index (χ2v) is 4.15. The van der Waals surface area contributed by atoms with Crippen LogP contribution in [-0.4, -0.2) is 21.4 Å². The van der Waals surface area contributed by atoms with Gasteiger partial charge in [-0.25, -0.2) is 4.98 Å². The Labute approximate surface area is 110 Å². The second-order valence-electron chi connectivity index (χ2n) is 4.15. The molecule has 0 unspecified atom stereocenters. The van der Waals surface area contributed by atoms with Crippen LogP contribution in [0.15, 0.2) is 36.8 Å². The highest BCUT2D eigenvalue weighted by atomic mass is 16.6. The van der Waals surface area contributed by atoms with Crippen LogP contribution in [0.2, 0.25) is 0 Å². The number of rotatable bonds is 5. The van der Waals surface area contributed by atoms with Gasteiger partial charge in [0.15, 0.2) is 0 Å². The van der Waals surface area contributed by atoms with Crippen molar-refractivity contribution in [2.75, 3.05) is 11.9 Å². The highest BCUT2D eigenvalue weighted by Gasteiger charge is 2.11. The Hall–Kier alpha value is -2.50. The first-order valence-corrected chi connectivity index (χ1v) is 5.90. The molecule has 2 aromatic heterocycles. The lowest BCUT2D eigenvalue weighted by Crippen LogP contribution is -2.07. The van der Waals surface area contributed by atoms with Gasteiger partial charge in [0.1, 0.15) is 5.82 Å². The third-order valence-corrected chi connectivity index (χ3v) is 2.74. The molecule has 0 aromatic carbocycles. The molecule has 6 nitrogen and oxygen atoms in total. The highest BCUT2D eigenvalue weighted by molar-refractivity contribution is 5.48. The van der Waals surface area contributed by atoms with Gasteiger partial charge in [-0.15, -0.1) is 0 Å². The summed E-state index contributed by atoms with van der Waals surface area (Å²) in [6.07, 6.45) is 5.80. The summed E-state index contributed by atoms with van der Waals surface area (Å²) in [6, 6.07) is 5.33. The lowest BCUT2D eigenvalue weighted by Gasteiger charge is -2.06. The van der Waals surface area contributed by atoms with Gasteiger partial charge in [0.05, 0.1) is 11.0 Å². The molecule has 0 amide bonds. The molecule has 0 fully saturated rings. The minimum Gasteiger partial charge on any atom is -0.370 e. The van der Waals surface area contributed by atoms with Crippen LogP contribution in [0.4, 0.5) is 11.5 Å². The van der Waals surface area contributed by atoms with E-state index >= 15 is 0 Å². The quantitative estimate of drug-likeness (QED) is 0.657. The minimum absolute atomic E-state index is 0.0846. The van der Waals surface area contributed by atoms with Crippen molar-refractivity contribution in [3.05, 3.63) is 58.0 Å². The van der Waals surface area contributed by atoms with Crippen molar-refractivity contribution in [3.63, 3.8) is 0 Å². The van der Waals surface area contributed by atoms with Gasteiger partial charge in [-0.05, 0) is 31.0 Å². The lowest BCUT2D eigenvalue weighted by atomic mass is 10.2. The van der Waals surface area contributed by atoms with E-state index in [1.807, 2.05) is 12.1 Å². The molecule has 0 radical (unpaired) electrons. The summed E-state index contributed by atoms with van der Waals surface area (Å²) in [5.74, 6) is 0.520. The van der Waals surface area contributed by atoms with Gasteiger partial charge < -0.3 is 5.32 Å². The number of aryl methyl sites for hydroxylation is 1. The topological polar surface area (TPSA) is 81.0 Å². The van der Waals surface area contributed by atoms with E-state index < -0.39 is 4.92 Å². The molecule has 0 saturated carbocycles. The molecule has 2 aromatic rings. The number of hydrogen-bond donors (Lipinski definition) is 1. The van der Waals surface area contributed by atoms with Gasteiger partial charge in [-0.2, -0.15) is 0 Å². The van der Waals surface area contributed by atoms with Gasteiger partial charge in [-0.1, -0.05) is 0 Å². The number of hydrogen-bond acceptors (Lipinski definition) is 5. The molecule has 6 heteroatoms. The minimum atomic E-state index is -0.398. The van der Waals surface area contributed by atoms with Crippen molar-refractivity contribution >= 4 is 11.5 Å². The monoisotopic (exact) mass is 258 g/mol. The SMILES string of the molecule is Cc1cnc(NCCc2ccncc2)cc1[N+](=O)[O-]. The number of anilines is 1. The zero-order valence-corrected chi connectivity index (χ0v) is 10.5. The van der Waals surface area contributed by atoms with Crippen molar-refractivity contribution in [3.8, 4) is 0 Å². The van der Waals surface area contributed by atoms with E-state index in [4.69, 9.17) is 0 Å². The average molecular weight is 258 g/mol. The third-order valence-electron chi connectivity index (χ3n) is 2.74. The van der Waals surface area contributed by atoms with Crippen LogP contribution in [-0.2, 0) is 6.42 Å². The summed E-state index contributed by atoms with van der Waals surface area (Å²) in [4.78, 5) is 18.5. The first-order valence-electron chi connectivity index (χ1n) is 5.90. The Morgan fingerprint density at radius 2 is 2.11 bits per heavy atom. The second kappa shape index (κ2) is 5.90. The molecule has 0 saturated heterocycles. The summed E-state index contributed by atoms with van der Waals surface area (Å²) in [6.45, 7) is 2.34. The number of nitro groups is 1. The normalized spacial score (nSPS) is 10.2. The number of aromatic nitrogens is 2. The molecular formula is C13H14N4O2. The van der Waals surface area contributed by atoms with E-state index in [0.29, 0.717) is 17.9 Å². The van der Waals surface area contributed by atoms with E-state index in [1.165, 1.54) is 12.3 Å². The van der Waals surface area contributed by atoms with Crippen molar-refractivity contribution in [1.29, 1.82) is 0 Å². The van der Waals surface area contributed by atoms with Crippen LogP contribution in [0.1, 0.15) is 11.1 Å². The molecule has 2 heterocycles. The molecule has 0 aliphatic rings. The van der Waals surface area contributed by atoms with Gasteiger partial charge in [0.25, 0.3) is 5.69 Å². The molecule has 0 aliphatic carbocycles. The Morgan fingerprint density at radius 1 is 1.37 bits per heavy atom. The molecule has 2 rings (SSSR count). The fraction of sp³-hybridized carbons (Fsp3) is 0.231. The van der Waals surface area contributed by atoms with Crippen molar-refractivity contribution in [2.24, 2.45) is 0 Å². The summed E-state index contributed by atoms with van der Waals surface area (Å²) >= 11 is 0. The first kappa shape index (κ1) is 12.9. The molecular weight excluding hydrogens is 244 g/mol. The van der Waals surface area contributed by atoms with Crippen LogP contribution in [0.5, 0.6) is 0 Å². The van der Waals surface area contributed by atoms with Gasteiger partial charge in [0, 0.05) is 30.7 Å². The maximum absolute atomic E-state index is 10.8. The molecule has 0 spiro atoms. The predicted octanol–water partition coefficient (Wildman–Crippen LogP) is 2.35. The van der Waals surface area contributed by atoms with E-state index in [1.54, 1.807) is 19.3 Å². The Kier molecular flexibility index (Phi) is 4.02. The summed E-state index contributed by atoms with van der Waals surface area (Å²) < 4.78 is 0. The summed E-state index contributed by atoms with van der Waals surface area (Å²) in [5.41, 5.74) is 1.80. The zero-order valence-electron chi connectivity index (χ0n) is 10.5. The fourth-order valence-corrected chi connectivity index (χ4v) is 1.69. The number of nitrogens with zero attached hydrogens (tertiary/aromatic N) is 3. The van der Waals surface area contributed by atoms with Crippen molar-refractivity contribution in [1.82, 2.24) is 9.97 Å². The van der Waals surface area contributed by atoms with Crippen LogP contribution < -0.4 is 5.32 Å². The number of pyridine rings is 2. The largest absolute Gasteiger partial charge is 0.370 e. The molecule has 1 N–H and O–H groups in total. The summed E-state index contributed by atoms with van der Waals surface area (Å²) in [7, 11) is 0. The number of nitrogens with one attached hydrogen (secondary N) is 1. The fourth-order valence-electron chi connectivity index (χ4n) is 1.69. The Morgan fingerprint density at radius 3 is 2.79 bits per heavy atom. The van der Waals surface area contributed by atoms with E-state index in [9.17, 15) is 10.1 Å². The van der Waals surface area contributed by atoms with Crippen LogP contribution in [0, 0.1) is 17.0 Å². The molecule has 0 aliphatic heterocycles. The van der Waals surface area contributed by atoms with E-state index in [-0.39, 0.29) is 5.69 Å². The smallest absolute Gasteiger partial charge is 0.277 e. The molecule has 0 bridgehead atoms. The Bertz CT molecular complexity index is 572. The zero-order chi connectivity index (χ0) is 13.7. The third kappa shape index (κ3) is 3.48. The van der Waals surface area contributed by atoms with Gasteiger partial charge >= 0.3 is 0 Å². The molecule has 0 atom stereocenters. The summed E-state index contributed by atoms with van der Waals surface area (Å²) in [5, 5.41) is 13.9. The average Bonchev–Trinajstić information content (AvgIpc) is 2.41. The Balaban J connectivity index is 1.97. The highest BCUT2D eigenvalue weighted by Crippen LogP contribution is 2.19. The van der Waals surface area contributed by atoms with Crippen molar-refractivity contribution in [2.45, 2.75) is 13.3 Å². The van der Waals surface area contributed by atoms with E-state index in [0.717, 1.165) is 12.0 Å². The van der Waals surface area contributed by atoms with Crippen LogP contribution >= 0.6 is 0 Å². The molecule has 98 valence electrons. The predicted molar refractivity (Wildman–Crippen MR) is 72.1 cm³/mol. The maximum atomic E-state index is 10.8. The van der Waals surface area contributed by atoms with Crippen LogP contribution in [0.3, 0.4) is 0 Å². The van der Waals surface area contributed by atoms with Gasteiger partial charge in [-0.3, -0.25) is 15.1 Å². The first-order chi connectivity index (χ1) is 9.16. The molecule has 19 heavy (non-hydrogen) atoms.